The smallest absolute Gasteiger partial charge is 0.259 e. The minimum absolute atomic E-state index is 0.0169. The molecule has 0 saturated carbocycles. The molecule has 4 aromatic rings. The van der Waals surface area contributed by atoms with Crippen molar-refractivity contribution in [3.8, 4) is 0 Å². The van der Waals surface area contributed by atoms with Crippen LogP contribution < -0.4 is 5.32 Å². The van der Waals surface area contributed by atoms with Crippen LogP contribution in [-0.2, 0) is 0 Å². The van der Waals surface area contributed by atoms with Crippen molar-refractivity contribution in [3.05, 3.63) is 83.1 Å². The van der Waals surface area contributed by atoms with Gasteiger partial charge in [0.15, 0.2) is 5.65 Å². The fourth-order valence-electron chi connectivity index (χ4n) is 4.47. The average Bonchev–Trinajstić information content (AvgIpc) is 3.23. The van der Waals surface area contributed by atoms with Crippen LogP contribution in [0, 0.1) is 20.8 Å². The molecule has 168 valence electrons. The van der Waals surface area contributed by atoms with E-state index >= 15 is 0 Å². The van der Waals surface area contributed by atoms with Gasteiger partial charge in [0.25, 0.3) is 5.91 Å². The quantitative estimate of drug-likeness (QED) is 0.493. The van der Waals surface area contributed by atoms with Gasteiger partial charge in [-0.3, -0.25) is 9.78 Å². The third-order valence-corrected chi connectivity index (χ3v) is 6.16. The van der Waals surface area contributed by atoms with E-state index in [0.717, 1.165) is 47.7 Å². The normalized spacial score (nSPS) is 16.2. The Kier molecular flexibility index (Phi) is 5.54. The lowest BCUT2D eigenvalue weighted by atomic mass is 9.93. The molecule has 5 rings (SSSR count). The van der Waals surface area contributed by atoms with Crippen LogP contribution in [0.25, 0.3) is 5.65 Å². The predicted molar refractivity (Wildman–Crippen MR) is 129 cm³/mol. The van der Waals surface area contributed by atoms with Crippen molar-refractivity contribution < 1.29 is 4.79 Å². The number of benzene rings is 1. The highest BCUT2D eigenvalue weighted by atomic mass is 16.2. The highest BCUT2D eigenvalue weighted by Crippen LogP contribution is 2.30. The Morgan fingerprint density at radius 2 is 1.85 bits per heavy atom. The Balaban J connectivity index is 1.36. The highest BCUT2D eigenvalue weighted by Gasteiger charge is 2.28. The minimum Gasteiger partial charge on any atom is -0.355 e. The Morgan fingerprint density at radius 1 is 1.03 bits per heavy atom. The Hall–Kier alpha value is -3.74. The van der Waals surface area contributed by atoms with Gasteiger partial charge in [-0.05, 0) is 63.4 Å². The van der Waals surface area contributed by atoms with E-state index in [-0.39, 0.29) is 11.8 Å². The summed E-state index contributed by atoms with van der Waals surface area (Å²) in [5.74, 6) is 0.176. The van der Waals surface area contributed by atoms with E-state index in [4.69, 9.17) is 4.98 Å². The number of anilines is 2. The Labute approximate surface area is 193 Å². The Bertz CT molecular complexity index is 1310. The van der Waals surface area contributed by atoms with Gasteiger partial charge in [-0.15, -0.1) is 0 Å². The number of amides is 1. The lowest BCUT2D eigenvalue weighted by Crippen LogP contribution is -2.39. The highest BCUT2D eigenvalue weighted by molar-refractivity contribution is 5.99. The molecule has 1 N–H and O–H groups in total. The standard InChI is InChI=1S/C26H28N6O/c1-17-6-8-21(9-7-17)30-22-11-19(3)29-24(12-22)20-5-4-10-31(16-20)26(33)23-14-28-32-15-18(2)13-27-25(23)32/h6-9,11-15,20H,4-5,10,16H2,1-3H3,(H,29,30). The van der Waals surface area contributed by atoms with Crippen LogP contribution in [0.3, 0.4) is 0 Å². The van der Waals surface area contributed by atoms with E-state index < -0.39 is 0 Å². The number of carbonyl (C=O) groups excluding carboxylic acids is 1. The molecule has 7 heteroatoms. The Morgan fingerprint density at radius 3 is 2.67 bits per heavy atom. The zero-order valence-electron chi connectivity index (χ0n) is 19.2. The number of hydrogen-bond donors (Lipinski definition) is 1. The van der Waals surface area contributed by atoms with E-state index in [9.17, 15) is 4.79 Å². The largest absolute Gasteiger partial charge is 0.355 e. The van der Waals surface area contributed by atoms with Crippen molar-refractivity contribution in [3.63, 3.8) is 0 Å². The van der Waals surface area contributed by atoms with Gasteiger partial charge in [0, 0.05) is 54.2 Å². The molecular formula is C26H28N6O. The number of aryl methyl sites for hydroxylation is 3. The van der Waals surface area contributed by atoms with Crippen molar-refractivity contribution in [2.75, 3.05) is 18.4 Å². The second kappa shape index (κ2) is 8.65. The first-order valence-corrected chi connectivity index (χ1v) is 11.4. The van der Waals surface area contributed by atoms with E-state index in [0.29, 0.717) is 17.8 Å². The number of carbonyl (C=O) groups is 1. The maximum atomic E-state index is 13.3. The lowest BCUT2D eigenvalue weighted by molar-refractivity contribution is 0.0707. The van der Waals surface area contributed by atoms with Gasteiger partial charge in [0.05, 0.1) is 6.20 Å². The van der Waals surface area contributed by atoms with Gasteiger partial charge in [-0.25, -0.2) is 9.50 Å². The van der Waals surface area contributed by atoms with Crippen LogP contribution in [-0.4, -0.2) is 43.5 Å². The summed E-state index contributed by atoms with van der Waals surface area (Å²) in [6.45, 7) is 7.43. The zero-order chi connectivity index (χ0) is 22.9. The number of hydrogen-bond acceptors (Lipinski definition) is 5. The SMILES string of the molecule is Cc1ccc(Nc2cc(C)nc(C3CCCN(C(=O)c4cnn5cc(C)cnc45)C3)c2)cc1. The molecule has 1 atom stereocenters. The minimum atomic E-state index is -0.0169. The van der Waals surface area contributed by atoms with Crippen LogP contribution in [0.15, 0.2) is 55.0 Å². The fourth-order valence-corrected chi connectivity index (χ4v) is 4.47. The number of likely N-dealkylation sites (tertiary alicyclic amines) is 1. The first-order valence-electron chi connectivity index (χ1n) is 11.4. The average molecular weight is 441 g/mol. The molecule has 1 aliphatic heterocycles. The molecule has 0 bridgehead atoms. The van der Waals surface area contributed by atoms with E-state index in [1.807, 2.05) is 24.9 Å². The van der Waals surface area contributed by atoms with Gasteiger partial charge in [0.2, 0.25) is 0 Å². The summed E-state index contributed by atoms with van der Waals surface area (Å²) < 4.78 is 1.68. The summed E-state index contributed by atoms with van der Waals surface area (Å²) >= 11 is 0. The second-order valence-corrected chi connectivity index (χ2v) is 8.96. The number of aromatic nitrogens is 4. The first kappa shape index (κ1) is 21.1. The van der Waals surface area contributed by atoms with Crippen LogP contribution >= 0.6 is 0 Å². The molecule has 33 heavy (non-hydrogen) atoms. The summed E-state index contributed by atoms with van der Waals surface area (Å²) in [6, 6.07) is 12.5. The number of fused-ring (bicyclic) bond motifs is 1. The zero-order valence-corrected chi connectivity index (χ0v) is 19.2. The summed E-state index contributed by atoms with van der Waals surface area (Å²) in [4.78, 5) is 24.5. The van der Waals surface area contributed by atoms with Gasteiger partial charge in [0.1, 0.15) is 5.56 Å². The molecule has 1 aromatic carbocycles. The van der Waals surface area contributed by atoms with Crippen molar-refractivity contribution >= 4 is 22.9 Å². The van der Waals surface area contributed by atoms with Crippen LogP contribution in [0.5, 0.6) is 0 Å². The maximum absolute atomic E-state index is 13.3. The van der Waals surface area contributed by atoms with Crippen molar-refractivity contribution in [2.45, 2.75) is 39.5 Å². The third kappa shape index (κ3) is 4.44. The molecular weight excluding hydrogens is 412 g/mol. The molecule has 7 nitrogen and oxygen atoms in total. The molecule has 0 radical (unpaired) electrons. The molecule has 1 aliphatic rings. The number of pyridine rings is 1. The summed E-state index contributed by atoms with van der Waals surface area (Å²) in [5, 5.41) is 7.82. The van der Waals surface area contributed by atoms with Crippen molar-refractivity contribution in [1.82, 2.24) is 24.5 Å². The molecule has 1 saturated heterocycles. The first-order chi connectivity index (χ1) is 16.0. The molecule has 1 fully saturated rings. The van der Waals surface area contributed by atoms with Gasteiger partial charge in [-0.2, -0.15) is 5.10 Å². The van der Waals surface area contributed by atoms with Crippen molar-refractivity contribution in [2.24, 2.45) is 0 Å². The summed E-state index contributed by atoms with van der Waals surface area (Å²) in [5.41, 5.74) is 7.45. The van der Waals surface area contributed by atoms with Crippen LogP contribution in [0.2, 0.25) is 0 Å². The topological polar surface area (TPSA) is 75.4 Å². The van der Waals surface area contributed by atoms with Crippen LogP contribution in [0.1, 0.15) is 51.6 Å². The molecule has 0 aliphatic carbocycles. The van der Waals surface area contributed by atoms with Crippen LogP contribution in [0.4, 0.5) is 11.4 Å². The molecule has 0 spiro atoms. The molecule has 3 aromatic heterocycles. The monoisotopic (exact) mass is 440 g/mol. The number of nitrogens with zero attached hydrogens (tertiary/aromatic N) is 5. The van der Waals surface area contributed by atoms with Gasteiger partial charge < -0.3 is 10.2 Å². The molecule has 1 unspecified atom stereocenters. The predicted octanol–water partition coefficient (Wildman–Crippen LogP) is 4.81. The van der Waals surface area contributed by atoms with E-state index in [2.05, 4.69) is 58.7 Å². The van der Waals surface area contributed by atoms with Crippen molar-refractivity contribution in [1.29, 1.82) is 0 Å². The maximum Gasteiger partial charge on any atom is 0.259 e. The molecule has 1 amide bonds. The van der Waals surface area contributed by atoms with Gasteiger partial charge in [-0.1, -0.05) is 17.7 Å². The van der Waals surface area contributed by atoms with Gasteiger partial charge >= 0.3 is 0 Å². The summed E-state index contributed by atoms with van der Waals surface area (Å²) in [7, 11) is 0. The summed E-state index contributed by atoms with van der Waals surface area (Å²) in [6.07, 6.45) is 7.24. The number of nitrogens with one attached hydrogen (secondary N) is 1. The third-order valence-electron chi connectivity index (χ3n) is 6.16. The lowest BCUT2D eigenvalue weighted by Gasteiger charge is -2.32. The second-order valence-electron chi connectivity index (χ2n) is 8.96. The van der Waals surface area contributed by atoms with E-state index in [1.165, 1.54) is 5.56 Å². The number of piperidine rings is 1. The molecule has 4 heterocycles. The fraction of sp³-hybridized carbons (Fsp3) is 0.308. The van der Waals surface area contributed by atoms with E-state index in [1.54, 1.807) is 16.9 Å². The number of rotatable bonds is 4.